The highest BCUT2D eigenvalue weighted by atomic mass is 32.1. The Hall–Kier alpha value is -1.37. The zero-order valence-corrected chi connectivity index (χ0v) is 19.1. The summed E-state index contributed by atoms with van der Waals surface area (Å²) in [5, 5.41) is 4.35. The van der Waals surface area contributed by atoms with E-state index in [0.717, 1.165) is 69.8 Å². The molecule has 0 atom stereocenters. The van der Waals surface area contributed by atoms with Crippen LogP contribution in [0.15, 0.2) is 24.3 Å². The second kappa shape index (κ2) is 14.6. The van der Waals surface area contributed by atoms with E-state index in [1.807, 2.05) is 19.1 Å². The quantitative estimate of drug-likeness (QED) is 0.382. The molecule has 0 bridgehead atoms. The van der Waals surface area contributed by atoms with Gasteiger partial charge in [-0.25, -0.2) is 0 Å². The molecule has 0 amide bonds. The summed E-state index contributed by atoms with van der Waals surface area (Å²) in [6.45, 7) is 12.6. The van der Waals surface area contributed by atoms with Crippen LogP contribution in [0.2, 0.25) is 0 Å². The van der Waals surface area contributed by atoms with Crippen molar-refractivity contribution in [3.05, 3.63) is 29.8 Å². The molecule has 1 aliphatic rings. The molecule has 1 aliphatic heterocycles. The van der Waals surface area contributed by atoms with Gasteiger partial charge in [0.2, 0.25) is 0 Å². The van der Waals surface area contributed by atoms with Gasteiger partial charge in [0.15, 0.2) is 5.11 Å². The largest absolute Gasteiger partial charge is 0.494 e. The first kappa shape index (κ1) is 23.9. The van der Waals surface area contributed by atoms with Crippen LogP contribution in [-0.4, -0.2) is 67.5 Å². The lowest BCUT2D eigenvalue weighted by Gasteiger charge is -2.29. The molecule has 0 spiro atoms. The molecule has 29 heavy (non-hydrogen) atoms. The molecule has 1 aromatic carbocycles. The summed E-state index contributed by atoms with van der Waals surface area (Å²) in [4.78, 5) is 4.80. The lowest BCUT2D eigenvalue weighted by Crippen LogP contribution is -2.42. The Morgan fingerprint density at radius 2 is 1.86 bits per heavy atom. The van der Waals surface area contributed by atoms with Gasteiger partial charge in [0.1, 0.15) is 5.75 Å². The van der Waals surface area contributed by atoms with Gasteiger partial charge in [-0.3, -0.25) is 4.90 Å². The van der Waals surface area contributed by atoms with E-state index in [4.69, 9.17) is 21.7 Å². The van der Waals surface area contributed by atoms with Crippen LogP contribution in [0.3, 0.4) is 0 Å². The maximum atomic E-state index is 5.75. The molecule has 1 aromatic rings. The van der Waals surface area contributed by atoms with Crippen LogP contribution in [0.4, 0.5) is 0 Å². The van der Waals surface area contributed by atoms with Gasteiger partial charge in [-0.05, 0) is 49.7 Å². The van der Waals surface area contributed by atoms with E-state index >= 15 is 0 Å². The lowest BCUT2D eigenvalue weighted by molar-refractivity contribution is 0.0367. The fourth-order valence-electron chi connectivity index (χ4n) is 3.50. The van der Waals surface area contributed by atoms with E-state index in [-0.39, 0.29) is 0 Å². The molecule has 0 radical (unpaired) electrons. The Bertz CT molecular complexity index is 562. The van der Waals surface area contributed by atoms with Crippen molar-refractivity contribution in [2.75, 3.05) is 52.5 Å². The van der Waals surface area contributed by atoms with Gasteiger partial charge in [0, 0.05) is 39.3 Å². The third-order valence-corrected chi connectivity index (χ3v) is 5.61. The topological polar surface area (TPSA) is 37.0 Å². The Morgan fingerprint density at radius 3 is 2.55 bits per heavy atom. The van der Waals surface area contributed by atoms with E-state index < -0.39 is 0 Å². The molecule has 5 nitrogen and oxygen atoms in total. The summed E-state index contributed by atoms with van der Waals surface area (Å²) in [7, 11) is 0. The lowest BCUT2D eigenvalue weighted by atomic mass is 10.2. The van der Waals surface area contributed by atoms with Gasteiger partial charge in [0.05, 0.1) is 19.8 Å². The number of hydrogen-bond acceptors (Lipinski definition) is 4. The monoisotopic (exact) mass is 421 g/mol. The molecular formula is C23H39N3O2S. The molecule has 164 valence electrons. The SMILES string of the molecule is CCCCCCNC(=S)N(CCCN1CCOCC1)Cc1ccc(OCC)cc1. The van der Waals surface area contributed by atoms with Crippen LogP contribution in [0.25, 0.3) is 0 Å². The van der Waals surface area contributed by atoms with E-state index in [9.17, 15) is 0 Å². The molecule has 2 rings (SSSR count). The number of nitrogens with one attached hydrogen (secondary N) is 1. The smallest absolute Gasteiger partial charge is 0.169 e. The van der Waals surface area contributed by atoms with Crippen LogP contribution in [0.1, 0.15) is 51.5 Å². The van der Waals surface area contributed by atoms with E-state index in [0.29, 0.717) is 6.61 Å². The predicted octanol–water partition coefficient (Wildman–Crippen LogP) is 4.06. The van der Waals surface area contributed by atoms with Crippen molar-refractivity contribution in [1.29, 1.82) is 0 Å². The number of thiocarbonyl (C=S) groups is 1. The molecule has 0 saturated carbocycles. The maximum absolute atomic E-state index is 5.75. The molecule has 1 heterocycles. The zero-order valence-electron chi connectivity index (χ0n) is 18.3. The summed E-state index contributed by atoms with van der Waals surface area (Å²) in [6, 6.07) is 8.38. The highest BCUT2D eigenvalue weighted by Crippen LogP contribution is 2.14. The summed E-state index contributed by atoms with van der Waals surface area (Å²) in [5.74, 6) is 0.923. The summed E-state index contributed by atoms with van der Waals surface area (Å²) >= 11 is 5.75. The Labute approximate surface area is 182 Å². The average molecular weight is 422 g/mol. The molecule has 1 N–H and O–H groups in total. The van der Waals surface area contributed by atoms with Gasteiger partial charge in [-0.15, -0.1) is 0 Å². The second-order valence-electron chi connectivity index (χ2n) is 7.60. The van der Waals surface area contributed by atoms with Crippen molar-refractivity contribution in [2.24, 2.45) is 0 Å². The van der Waals surface area contributed by atoms with Crippen molar-refractivity contribution >= 4 is 17.3 Å². The molecule has 0 unspecified atom stereocenters. The van der Waals surface area contributed by atoms with E-state index in [1.54, 1.807) is 0 Å². The first-order chi connectivity index (χ1) is 14.2. The summed E-state index contributed by atoms with van der Waals surface area (Å²) in [6.07, 6.45) is 6.11. The third-order valence-electron chi connectivity index (χ3n) is 5.21. The first-order valence-electron chi connectivity index (χ1n) is 11.3. The molecule has 1 fully saturated rings. The Kier molecular flexibility index (Phi) is 12.0. The summed E-state index contributed by atoms with van der Waals surface area (Å²) in [5.41, 5.74) is 1.26. The second-order valence-corrected chi connectivity index (χ2v) is 7.99. The maximum Gasteiger partial charge on any atom is 0.169 e. The highest BCUT2D eigenvalue weighted by Gasteiger charge is 2.13. The van der Waals surface area contributed by atoms with Crippen LogP contribution >= 0.6 is 12.2 Å². The number of unbranched alkanes of at least 4 members (excludes halogenated alkanes) is 3. The fourth-order valence-corrected chi connectivity index (χ4v) is 3.76. The minimum atomic E-state index is 0.694. The third kappa shape index (κ3) is 9.79. The van der Waals surface area contributed by atoms with Crippen LogP contribution in [-0.2, 0) is 11.3 Å². The summed E-state index contributed by atoms with van der Waals surface area (Å²) < 4.78 is 11.0. The van der Waals surface area contributed by atoms with Crippen molar-refractivity contribution < 1.29 is 9.47 Å². The molecular weight excluding hydrogens is 382 g/mol. The van der Waals surface area contributed by atoms with Crippen molar-refractivity contribution in [3.8, 4) is 5.75 Å². The van der Waals surface area contributed by atoms with E-state index in [1.165, 1.54) is 31.2 Å². The van der Waals surface area contributed by atoms with Crippen molar-refractivity contribution in [3.63, 3.8) is 0 Å². The van der Waals surface area contributed by atoms with Crippen LogP contribution in [0.5, 0.6) is 5.75 Å². The highest BCUT2D eigenvalue weighted by molar-refractivity contribution is 7.80. The fraction of sp³-hybridized carbons (Fsp3) is 0.696. The number of hydrogen-bond donors (Lipinski definition) is 1. The van der Waals surface area contributed by atoms with Gasteiger partial charge in [-0.1, -0.05) is 38.3 Å². The molecule has 6 heteroatoms. The molecule has 0 aliphatic carbocycles. The normalized spacial score (nSPS) is 14.6. The Balaban J connectivity index is 1.85. The zero-order chi connectivity index (χ0) is 20.7. The van der Waals surface area contributed by atoms with Crippen molar-refractivity contribution in [1.82, 2.24) is 15.1 Å². The minimum absolute atomic E-state index is 0.694. The number of ether oxygens (including phenoxy) is 2. The van der Waals surface area contributed by atoms with Crippen LogP contribution < -0.4 is 10.1 Å². The average Bonchev–Trinajstić information content (AvgIpc) is 2.75. The number of morpholine rings is 1. The van der Waals surface area contributed by atoms with Gasteiger partial charge in [0.25, 0.3) is 0 Å². The number of benzene rings is 1. The van der Waals surface area contributed by atoms with Gasteiger partial charge in [-0.2, -0.15) is 0 Å². The minimum Gasteiger partial charge on any atom is -0.494 e. The number of nitrogens with zero attached hydrogens (tertiary/aromatic N) is 2. The Morgan fingerprint density at radius 1 is 1.10 bits per heavy atom. The standard InChI is InChI=1S/C23H39N3O2S/c1-3-5-6-7-13-24-23(29)26(15-8-14-25-16-18-27-19-17-25)20-21-9-11-22(12-10-21)28-4-2/h9-12H,3-8,13-20H2,1-2H3,(H,24,29). The van der Waals surface area contributed by atoms with Gasteiger partial charge < -0.3 is 19.7 Å². The van der Waals surface area contributed by atoms with Gasteiger partial charge >= 0.3 is 0 Å². The van der Waals surface area contributed by atoms with Crippen molar-refractivity contribution in [2.45, 2.75) is 52.5 Å². The van der Waals surface area contributed by atoms with E-state index in [2.05, 4.69) is 34.2 Å². The molecule has 0 aromatic heterocycles. The van der Waals surface area contributed by atoms with Crippen LogP contribution in [0, 0.1) is 0 Å². The molecule has 1 saturated heterocycles. The first-order valence-corrected chi connectivity index (χ1v) is 11.7. The predicted molar refractivity (Wildman–Crippen MR) is 125 cm³/mol. The number of rotatable bonds is 13.